The molecular formula is C42H68F2N6O9S. The van der Waals surface area contributed by atoms with Crippen molar-refractivity contribution in [1.29, 1.82) is 0 Å². The molecule has 5 atom stereocenters. The third-order valence-corrected chi connectivity index (χ3v) is 14.3. The van der Waals surface area contributed by atoms with Crippen LogP contribution in [0.25, 0.3) is 11.0 Å². The summed E-state index contributed by atoms with van der Waals surface area (Å²) >= 11 is 0. The number of alkyl halides is 2. The molecule has 4 fully saturated rings. The monoisotopic (exact) mass is 870 g/mol. The molecule has 340 valence electrons. The molecule has 0 radical (unpaired) electrons. The Morgan fingerprint density at radius 1 is 1.05 bits per heavy atom. The second-order valence-corrected chi connectivity index (χ2v) is 19.9. The third-order valence-electron chi connectivity index (χ3n) is 12.1. The van der Waals surface area contributed by atoms with E-state index in [4.69, 9.17) is 19.4 Å². The van der Waals surface area contributed by atoms with Crippen LogP contribution in [0.5, 0.6) is 11.6 Å². The summed E-state index contributed by atoms with van der Waals surface area (Å²) in [7, 11) is -2.71. The van der Waals surface area contributed by atoms with E-state index >= 15 is 0 Å². The number of nitrogens with zero attached hydrogens (tertiary/aromatic N) is 3. The number of ether oxygens (including phenoxy) is 2. The first-order chi connectivity index (χ1) is 28.3. The number of unbranched alkanes of at least 4 members (excludes halogenated alkanes) is 2. The van der Waals surface area contributed by atoms with E-state index in [9.17, 15) is 41.5 Å². The number of hydrogen-bond acceptors (Lipinski definition) is 10. The topological polar surface area (TPSA) is 206 Å². The number of fused-ring (bicyclic) bond motifs is 1. The molecule has 0 bridgehead atoms. The second kappa shape index (κ2) is 19.6. The minimum atomic E-state index is -4.23. The van der Waals surface area contributed by atoms with Crippen LogP contribution in [0, 0.1) is 23.7 Å². The van der Waals surface area contributed by atoms with Gasteiger partial charge in [0.05, 0.1) is 35.4 Å². The largest absolute Gasteiger partial charge is 0.497 e. The van der Waals surface area contributed by atoms with Crippen LogP contribution < -0.4 is 24.8 Å². The number of carbonyl (C=O) groups is 4. The maximum atomic E-state index is 14.3. The van der Waals surface area contributed by atoms with Crippen molar-refractivity contribution in [2.75, 3.05) is 20.2 Å². The first-order valence-electron chi connectivity index (χ1n) is 21.3. The highest BCUT2D eigenvalue weighted by molar-refractivity contribution is 7.91. The molecule has 1 aliphatic heterocycles. The van der Waals surface area contributed by atoms with Crippen molar-refractivity contribution in [2.45, 2.75) is 147 Å². The van der Waals surface area contributed by atoms with E-state index < -0.39 is 87.5 Å². The molecule has 0 unspecified atom stereocenters. The number of amides is 4. The highest BCUT2D eigenvalue weighted by atomic mass is 32.2. The Morgan fingerprint density at radius 2 is 1.73 bits per heavy atom. The Kier molecular flexibility index (Phi) is 15.2. The molecule has 4 aliphatic rings. The first-order valence-corrected chi connectivity index (χ1v) is 22.8. The molecule has 3 saturated carbocycles. The Labute approximate surface area is 356 Å². The lowest BCUT2D eigenvalue weighted by Gasteiger charge is -2.29. The Balaban J connectivity index is 0.00000187. The Bertz CT molecular complexity index is 1990. The summed E-state index contributed by atoms with van der Waals surface area (Å²) in [6.07, 6.45) is 4.62. The number of nitrogens with one attached hydrogen (secondary N) is 3. The van der Waals surface area contributed by atoms with Gasteiger partial charge in [-0.2, -0.15) is 0 Å². The van der Waals surface area contributed by atoms with E-state index in [1.807, 2.05) is 10.0 Å². The zero-order chi connectivity index (χ0) is 44.0. The van der Waals surface area contributed by atoms with Crippen LogP contribution in [0.2, 0.25) is 0 Å². The Morgan fingerprint density at radius 3 is 2.32 bits per heavy atom. The molecule has 15 nitrogen and oxygen atoms in total. The van der Waals surface area contributed by atoms with Crippen molar-refractivity contribution in [2.24, 2.45) is 23.7 Å². The van der Waals surface area contributed by atoms with Gasteiger partial charge >= 0.3 is 6.09 Å². The third kappa shape index (κ3) is 11.1. The minimum absolute atomic E-state index is 0. The van der Waals surface area contributed by atoms with Gasteiger partial charge in [0.2, 0.25) is 34.1 Å². The number of hydrogen-bond donors (Lipinski definition) is 4. The molecule has 4 amide bonds. The molecule has 2 heterocycles. The van der Waals surface area contributed by atoms with Crippen LogP contribution >= 0.6 is 0 Å². The van der Waals surface area contributed by atoms with Crippen LogP contribution in [0.4, 0.5) is 13.6 Å². The lowest BCUT2D eigenvalue weighted by Crippen LogP contribution is -2.59. The summed E-state index contributed by atoms with van der Waals surface area (Å²) in [5.74, 6) is -3.16. The van der Waals surface area contributed by atoms with Crippen molar-refractivity contribution >= 4 is 44.9 Å². The van der Waals surface area contributed by atoms with Gasteiger partial charge in [0.15, 0.2) is 0 Å². The van der Waals surface area contributed by atoms with Crippen LogP contribution in [0.15, 0.2) is 18.2 Å². The molecule has 4 N–H and O–H groups in total. The highest BCUT2D eigenvalue weighted by Gasteiger charge is 2.67. The lowest BCUT2D eigenvalue weighted by molar-refractivity contribution is -0.140. The van der Waals surface area contributed by atoms with Crippen molar-refractivity contribution < 1.29 is 55.2 Å². The molecule has 3 aliphatic carbocycles. The molecule has 6 rings (SSSR count). The number of likely N-dealkylation sites (tertiary alicyclic amines) is 1. The van der Waals surface area contributed by atoms with E-state index in [1.165, 1.54) is 46.1 Å². The van der Waals surface area contributed by atoms with Crippen molar-refractivity contribution in [3.05, 3.63) is 23.9 Å². The molecule has 1 aromatic carbocycles. The number of aromatic nitrogens is 2. The number of rotatable bonds is 18. The smallest absolute Gasteiger partial charge is 0.405 e. The second-order valence-electron chi connectivity index (χ2n) is 17.7. The van der Waals surface area contributed by atoms with Gasteiger partial charge in [-0.1, -0.05) is 72.6 Å². The fraction of sp³-hybridized carbons (Fsp3) is 0.714. The molecule has 18 heteroatoms. The maximum absolute atomic E-state index is 14.3. The van der Waals surface area contributed by atoms with Crippen molar-refractivity contribution in [1.82, 2.24) is 30.2 Å². The summed E-state index contributed by atoms with van der Waals surface area (Å²) < 4.78 is 66.8. The number of benzene rings is 1. The van der Waals surface area contributed by atoms with Gasteiger partial charge in [0.1, 0.15) is 35.7 Å². The molecule has 1 aromatic heterocycles. The summed E-state index contributed by atoms with van der Waals surface area (Å²) in [4.78, 5) is 63.4. The van der Waals surface area contributed by atoms with Gasteiger partial charge in [0, 0.05) is 16.3 Å². The number of aryl methyl sites for hydroxylation is 1. The van der Waals surface area contributed by atoms with Crippen LogP contribution in [-0.4, -0.2) is 101 Å². The summed E-state index contributed by atoms with van der Waals surface area (Å²) in [6.45, 7) is 8.77. The summed E-state index contributed by atoms with van der Waals surface area (Å²) in [6, 6.07) is 3.88. The summed E-state index contributed by atoms with van der Waals surface area (Å²) in [5, 5.41) is 13.6. The van der Waals surface area contributed by atoms with E-state index in [0.29, 0.717) is 28.9 Å². The van der Waals surface area contributed by atoms with Crippen molar-refractivity contribution in [3.63, 3.8) is 0 Å². The zero-order valence-corrected chi connectivity index (χ0v) is 36.4. The van der Waals surface area contributed by atoms with E-state index in [2.05, 4.69) is 26.1 Å². The number of halogens is 2. The number of sulfonamides is 1. The lowest BCUT2D eigenvalue weighted by atomic mass is 9.94. The standard InChI is InChI=1S/C38H52F2N6O9S.C4H10.3H2/c1-4-24-29(55-34-27(13-7-5-6-10-22-11-8-9-12-22)42-26-15-14-23(54-3)18-28(26)43-34)21-46(30(47)20-41-36(50)51)31(24)33(48)44-38(19-25(38)32(39)40)35(49)45-56(52,53)37(2)16-17-37;1-4(2)3;;;/h14-15,18,22,24-25,29,31-32,41H,4-13,16-17,19-21H2,1-3H3,(H,44,48)(H,45,49)(H,50,51);4H,1-3H3;3*1H/t24-,25+,29+,31+,38-;;;;/m1..../s1. The first kappa shape index (κ1) is 46.7. The van der Waals surface area contributed by atoms with Gasteiger partial charge in [0.25, 0.3) is 5.91 Å². The van der Waals surface area contributed by atoms with Crippen LogP contribution in [0.3, 0.4) is 0 Å². The predicted octanol–water partition coefficient (Wildman–Crippen LogP) is 6.72. The average Bonchev–Trinajstić information content (AvgIpc) is 4.00. The van der Waals surface area contributed by atoms with Crippen LogP contribution in [-0.2, 0) is 30.8 Å². The Hall–Kier alpha value is -4.35. The quantitative estimate of drug-likeness (QED) is 0.116. The fourth-order valence-corrected chi connectivity index (χ4v) is 9.56. The highest BCUT2D eigenvalue weighted by Crippen LogP contribution is 2.49. The summed E-state index contributed by atoms with van der Waals surface area (Å²) in [5.41, 5.74) is -0.567. The number of methoxy groups -OCH3 is 1. The van der Waals surface area contributed by atoms with Gasteiger partial charge in [-0.25, -0.2) is 32.0 Å². The van der Waals surface area contributed by atoms with Gasteiger partial charge < -0.3 is 30.1 Å². The molecule has 1 saturated heterocycles. The normalized spacial score (nSPS) is 24.5. The van der Waals surface area contributed by atoms with E-state index in [0.717, 1.165) is 36.0 Å². The fourth-order valence-electron chi connectivity index (χ4n) is 8.25. The molecular weight excluding hydrogens is 803 g/mol. The number of carbonyl (C=O) groups excluding carboxylic acids is 3. The minimum Gasteiger partial charge on any atom is -0.497 e. The zero-order valence-electron chi connectivity index (χ0n) is 35.6. The van der Waals surface area contributed by atoms with E-state index in [1.54, 1.807) is 25.1 Å². The molecule has 60 heavy (non-hydrogen) atoms. The SMILES string of the molecule is CC(C)C.CC[C@@H]1[C@@H](Oc2nc3cc(OC)ccc3nc2CCCCCC2CCCC2)CN(C(=O)CNC(=O)O)[C@@H]1C(=O)N[C@]1(C(=O)NS(=O)(=O)C2(C)CC2)C[C@H]1C(F)F.[HH].[HH].[HH]. The van der Waals surface area contributed by atoms with Crippen LogP contribution in [0.1, 0.15) is 122 Å². The number of carboxylic acid groups (broad SMARTS) is 1. The molecule has 2 aromatic rings. The van der Waals surface area contributed by atoms with E-state index in [-0.39, 0.29) is 36.0 Å². The average molecular weight is 871 g/mol. The maximum Gasteiger partial charge on any atom is 0.405 e. The predicted molar refractivity (Wildman–Crippen MR) is 226 cm³/mol. The van der Waals surface area contributed by atoms with Gasteiger partial charge in [-0.05, 0) is 69.4 Å². The van der Waals surface area contributed by atoms with Crippen molar-refractivity contribution in [3.8, 4) is 11.6 Å². The van der Waals surface area contributed by atoms with Gasteiger partial charge in [-0.3, -0.25) is 19.1 Å². The molecule has 0 spiro atoms. The van der Waals surface area contributed by atoms with Gasteiger partial charge in [-0.15, -0.1) is 0 Å².